The number of phenols is 1. The van der Waals surface area contributed by atoms with Crippen LogP contribution >= 0.6 is 0 Å². The fourth-order valence-electron chi connectivity index (χ4n) is 2.39. The molecule has 0 atom stereocenters. The third-order valence-electron chi connectivity index (χ3n) is 3.53. The lowest BCUT2D eigenvalue weighted by Crippen LogP contribution is -2.22. The van der Waals surface area contributed by atoms with Gasteiger partial charge in [-0.15, -0.1) is 0 Å². The molecule has 0 spiro atoms. The lowest BCUT2D eigenvalue weighted by Gasteiger charge is -2.06. The molecular formula is C18H18N4O3. The second kappa shape index (κ2) is 7.48. The highest BCUT2D eigenvalue weighted by atomic mass is 16.5. The predicted molar refractivity (Wildman–Crippen MR) is 94.7 cm³/mol. The number of rotatable bonds is 6. The number of imidazole rings is 1. The summed E-state index contributed by atoms with van der Waals surface area (Å²) in [6.07, 6.45) is 3.12. The van der Waals surface area contributed by atoms with Crippen molar-refractivity contribution < 1.29 is 14.6 Å². The Kier molecular flexibility index (Phi) is 4.94. The van der Waals surface area contributed by atoms with E-state index in [9.17, 15) is 9.90 Å². The maximum Gasteiger partial charge on any atom is 0.260 e. The molecule has 0 saturated heterocycles. The van der Waals surface area contributed by atoms with E-state index in [1.165, 1.54) is 12.3 Å². The highest BCUT2D eigenvalue weighted by Gasteiger charge is 2.06. The lowest BCUT2D eigenvalue weighted by atomic mass is 10.2. The number of aromatic hydroxyl groups is 1. The van der Waals surface area contributed by atoms with Gasteiger partial charge in [-0.1, -0.05) is 12.1 Å². The van der Waals surface area contributed by atoms with Gasteiger partial charge in [-0.25, -0.2) is 10.4 Å². The van der Waals surface area contributed by atoms with Crippen molar-refractivity contribution in [3.05, 3.63) is 54.4 Å². The molecule has 1 aromatic heterocycles. The molecular weight excluding hydrogens is 320 g/mol. The van der Waals surface area contributed by atoms with E-state index in [0.717, 1.165) is 11.0 Å². The number of nitrogens with one attached hydrogen (secondary N) is 1. The molecule has 0 fully saturated rings. The third-order valence-corrected chi connectivity index (χ3v) is 3.53. The number of amides is 1. The summed E-state index contributed by atoms with van der Waals surface area (Å²) in [5, 5.41) is 13.6. The zero-order valence-corrected chi connectivity index (χ0v) is 13.7. The average Bonchev–Trinajstić information content (AvgIpc) is 3.01. The van der Waals surface area contributed by atoms with Gasteiger partial charge in [-0.3, -0.25) is 4.79 Å². The maximum atomic E-state index is 12.0. The molecule has 3 rings (SSSR count). The Morgan fingerprint density at radius 1 is 1.36 bits per heavy atom. The summed E-state index contributed by atoms with van der Waals surface area (Å²) in [6.45, 7) is 2.40. The summed E-state index contributed by atoms with van der Waals surface area (Å²) >= 11 is 0. The number of carbonyl (C=O) groups excluding carboxylic acids is 1. The van der Waals surface area contributed by atoms with Gasteiger partial charge in [0.15, 0.2) is 11.5 Å². The molecule has 25 heavy (non-hydrogen) atoms. The van der Waals surface area contributed by atoms with Crippen LogP contribution in [0.2, 0.25) is 0 Å². The van der Waals surface area contributed by atoms with Crippen LogP contribution in [-0.4, -0.2) is 33.4 Å². The molecule has 0 radical (unpaired) electrons. The van der Waals surface area contributed by atoms with Crippen molar-refractivity contribution in [3.63, 3.8) is 0 Å². The first kappa shape index (κ1) is 16.5. The standard InChI is InChI=1S/C18H18N4O3/c1-2-25-17-9-13(7-8-16(17)23)10-20-21-18(24)11-22-12-19-14-5-3-4-6-15(14)22/h3-10,12,23H,2,11H2,1H3,(H,21,24)/b20-10-. The van der Waals surface area contributed by atoms with Crippen LogP contribution in [0.1, 0.15) is 12.5 Å². The van der Waals surface area contributed by atoms with E-state index in [-0.39, 0.29) is 18.2 Å². The van der Waals surface area contributed by atoms with Gasteiger partial charge in [-0.05, 0) is 42.8 Å². The second-order valence-corrected chi connectivity index (χ2v) is 5.31. The third kappa shape index (κ3) is 3.95. The molecule has 3 aromatic rings. The van der Waals surface area contributed by atoms with Crippen molar-refractivity contribution in [2.45, 2.75) is 13.5 Å². The Labute approximate surface area is 144 Å². The molecule has 1 amide bonds. The Morgan fingerprint density at radius 3 is 3.04 bits per heavy atom. The molecule has 0 bridgehead atoms. The molecule has 2 aromatic carbocycles. The van der Waals surface area contributed by atoms with Crippen LogP contribution in [0.5, 0.6) is 11.5 Å². The fourth-order valence-corrected chi connectivity index (χ4v) is 2.39. The first-order valence-corrected chi connectivity index (χ1v) is 7.85. The fraction of sp³-hybridized carbons (Fsp3) is 0.167. The van der Waals surface area contributed by atoms with Gasteiger partial charge in [0.25, 0.3) is 5.91 Å². The van der Waals surface area contributed by atoms with Crippen LogP contribution < -0.4 is 10.2 Å². The van der Waals surface area contributed by atoms with E-state index in [1.807, 2.05) is 31.2 Å². The van der Waals surface area contributed by atoms with Crippen molar-refractivity contribution in [2.75, 3.05) is 6.61 Å². The van der Waals surface area contributed by atoms with Gasteiger partial charge in [0.05, 0.1) is 30.2 Å². The Balaban J connectivity index is 1.62. The number of phenolic OH excluding ortho intramolecular Hbond substituents is 1. The predicted octanol–water partition coefficient (Wildman–Crippen LogP) is 2.29. The summed E-state index contributed by atoms with van der Waals surface area (Å²) in [6, 6.07) is 12.4. The SMILES string of the molecule is CCOc1cc(/C=N\NC(=O)Cn2cnc3ccccc32)ccc1O. The molecule has 128 valence electrons. The zero-order valence-electron chi connectivity index (χ0n) is 13.7. The molecule has 0 aliphatic heterocycles. The van der Waals surface area contributed by atoms with Crippen LogP contribution in [0.15, 0.2) is 53.9 Å². The Morgan fingerprint density at radius 2 is 2.20 bits per heavy atom. The van der Waals surface area contributed by atoms with E-state index in [1.54, 1.807) is 23.0 Å². The summed E-state index contributed by atoms with van der Waals surface area (Å²) < 4.78 is 7.06. The summed E-state index contributed by atoms with van der Waals surface area (Å²) in [4.78, 5) is 16.3. The summed E-state index contributed by atoms with van der Waals surface area (Å²) in [5.74, 6) is 0.181. The van der Waals surface area contributed by atoms with Crippen molar-refractivity contribution in [1.29, 1.82) is 0 Å². The van der Waals surface area contributed by atoms with Crippen molar-refractivity contribution >= 4 is 23.2 Å². The van der Waals surface area contributed by atoms with Gasteiger partial charge in [0, 0.05) is 0 Å². The lowest BCUT2D eigenvalue weighted by molar-refractivity contribution is -0.121. The van der Waals surface area contributed by atoms with E-state index in [2.05, 4.69) is 15.5 Å². The Bertz CT molecular complexity index is 918. The number of fused-ring (bicyclic) bond motifs is 1. The number of carbonyl (C=O) groups is 1. The minimum absolute atomic E-state index is 0.0648. The molecule has 7 heteroatoms. The normalized spacial score (nSPS) is 11.1. The van der Waals surface area contributed by atoms with Gasteiger partial charge < -0.3 is 14.4 Å². The number of para-hydroxylation sites is 2. The van der Waals surface area contributed by atoms with Crippen LogP contribution in [-0.2, 0) is 11.3 Å². The van der Waals surface area contributed by atoms with E-state index < -0.39 is 0 Å². The summed E-state index contributed by atoms with van der Waals surface area (Å²) in [5.41, 5.74) is 4.91. The smallest absolute Gasteiger partial charge is 0.260 e. The number of hydrogen-bond acceptors (Lipinski definition) is 5. The van der Waals surface area contributed by atoms with Crippen LogP contribution in [0.25, 0.3) is 11.0 Å². The van der Waals surface area contributed by atoms with Crippen LogP contribution in [0, 0.1) is 0 Å². The van der Waals surface area contributed by atoms with E-state index >= 15 is 0 Å². The molecule has 7 nitrogen and oxygen atoms in total. The Hall–Kier alpha value is -3.35. The first-order chi connectivity index (χ1) is 12.2. The highest BCUT2D eigenvalue weighted by Crippen LogP contribution is 2.26. The molecule has 0 unspecified atom stereocenters. The number of benzene rings is 2. The number of hydrazone groups is 1. The minimum Gasteiger partial charge on any atom is -0.504 e. The monoisotopic (exact) mass is 338 g/mol. The minimum atomic E-state index is -0.261. The molecule has 0 saturated carbocycles. The van der Waals surface area contributed by atoms with Crippen molar-refractivity contribution in [2.24, 2.45) is 5.10 Å². The van der Waals surface area contributed by atoms with E-state index in [0.29, 0.717) is 17.9 Å². The highest BCUT2D eigenvalue weighted by molar-refractivity contribution is 5.84. The number of aromatic nitrogens is 2. The van der Waals surface area contributed by atoms with Crippen molar-refractivity contribution in [3.8, 4) is 11.5 Å². The average molecular weight is 338 g/mol. The maximum absolute atomic E-state index is 12.0. The van der Waals surface area contributed by atoms with E-state index in [4.69, 9.17) is 4.74 Å². The van der Waals surface area contributed by atoms with Crippen LogP contribution in [0.4, 0.5) is 0 Å². The summed E-state index contributed by atoms with van der Waals surface area (Å²) in [7, 11) is 0. The van der Waals surface area contributed by atoms with Gasteiger partial charge >= 0.3 is 0 Å². The zero-order chi connectivity index (χ0) is 17.6. The van der Waals surface area contributed by atoms with Gasteiger partial charge in [-0.2, -0.15) is 5.10 Å². The molecule has 1 heterocycles. The van der Waals surface area contributed by atoms with Crippen LogP contribution in [0.3, 0.4) is 0 Å². The first-order valence-electron chi connectivity index (χ1n) is 7.85. The molecule has 0 aliphatic carbocycles. The number of hydrogen-bond donors (Lipinski definition) is 2. The van der Waals surface area contributed by atoms with Gasteiger partial charge in [0.1, 0.15) is 6.54 Å². The largest absolute Gasteiger partial charge is 0.504 e. The molecule has 2 N–H and O–H groups in total. The second-order valence-electron chi connectivity index (χ2n) is 5.31. The molecule has 0 aliphatic rings. The number of ether oxygens (including phenoxy) is 1. The number of nitrogens with zero attached hydrogens (tertiary/aromatic N) is 3. The quantitative estimate of drug-likeness (QED) is 0.533. The van der Waals surface area contributed by atoms with Crippen molar-refractivity contribution in [1.82, 2.24) is 15.0 Å². The van der Waals surface area contributed by atoms with Gasteiger partial charge in [0.2, 0.25) is 0 Å². The topological polar surface area (TPSA) is 88.7 Å².